The van der Waals surface area contributed by atoms with Gasteiger partial charge < -0.3 is 11.1 Å². The maximum absolute atomic E-state index is 13.7. The van der Waals surface area contributed by atoms with Gasteiger partial charge in [0.15, 0.2) is 0 Å². The van der Waals surface area contributed by atoms with Gasteiger partial charge in [0.25, 0.3) is 0 Å². The van der Waals surface area contributed by atoms with Gasteiger partial charge in [0, 0.05) is 34.0 Å². The van der Waals surface area contributed by atoms with E-state index in [9.17, 15) is 8.60 Å². The Hall–Kier alpha value is -1.01. The molecule has 6 heteroatoms. The molecule has 0 aromatic heterocycles. The van der Waals surface area contributed by atoms with Gasteiger partial charge in [0.1, 0.15) is 10.8 Å². The van der Waals surface area contributed by atoms with Gasteiger partial charge in [-0.05, 0) is 25.0 Å². The van der Waals surface area contributed by atoms with Crippen molar-refractivity contribution in [1.29, 1.82) is 0 Å². The standard InChI is InChI=1S/C12H15FN2OS2/c13-9-2-1-3-10(11(9)12(14)17)15-8-4-6-18(16)7-5-8/h1-3,8,15H,4-7H2,(H2,14,17). The van der Waals surface area contributed by atoms with E-state index in [2.05, 4.69) is 5.32 Å². The number of thiocarbonyl (C=S) groups is 1. The molecule has 0 spiro atoms. The van der Waals surface area contributed by atoms with E-state index in [0.717, 1.165) is 12.8 Å². The minimum Gasteiger partial charge on any atom is -0.389 e. The molecule has 1 fully saturated rings. The highest BCUT2D eigenvalue weighted by Crippen LogP contribution is 2.22. The quantitative estimate of drug-likeness (QED) is 0.832. The summed E-state index contributed by atoms with van der Waals surface area (Å²) in [6, 6.07) is 4.94. The molecule has 1 saturated heterocycles. The predicted molar refractivity (Wildman–Crippen MR) is 76.8 cm³/mol. The van der Waals surface area contributed by atoms with Crippen molar-refractivity contribution >= 4 is 33.7 Å². The fraction of sp³-hybridized carbons (Fsp3) is 0.417. The summed E-state index contributed by atoms with van der Waals surface area (Å²) < 4.78 is 24.9. The summed E-state index contributed by atoms with van der Waals surface area (Å²) >= 11 is 4.87. The van der Waals surface area contributed by atoms with Gasteiger partial charge in [0.2, 0.25) is 0 Å². The number of nitrogens with one attached hydrogen (secondary N) is 1. The van der Waals surface area contributed by atoms with Crippen LogP contribution in [0.25, 0.3) is 0 Å². The Bertz CT molecular complexity index is 483. The molecule has 98 valence electrons. The van der Waals surface area contributed by atoms with Crippen LogP contribution >= 0.6 is 12.2 Å². The first-order chi connectivity index (χ1) is 8.58. The summed E-state index contributed by atoms with van der Waals surface area (Å²) in [5.74, 6) is 0.969. The predicted octanol–water partition coefficient (Wildman–Crippen LogP) is 1.78. The van der Waals surface area contributed by atoms with Crippen LogP contribution in [0.3, 0.4) is 0 Å². The van der Waals surface area contributed by atoms with Gasteiger partial charge in [-0.1, -0.05) is 18.3 Å². The zero-order valence-corrected chi connectivity index (χ0v) is 11.5. The fourth-order valence-electron chi connectivity index (χ4n) is 2.05. The van der Waals surface area contributed by atoms with Crippen molar-refractivity contribution in [2.45, 2.75) is 18.9 Å². The Morgan fingerprint density at radius 2 is 2.11 bits per heavy atom. The molecule has 18 heavy (non-hydrogen) atoms. The molecule has 0 radical (unpaired) electrons. The van der Waals surface area contributed by atoms with Gasteiger partial charge in [0.05, 0.1) is 5.56 Å². The first kappa shape index (κ1) is 13.4. The molecule has 1 aromatic rings. The van der Waals surface area contributed by atoms with Crippen LogP contribution in [0.4, 0.5) is 10.1 Å². The Morgan fingerprint density at radius 3 is 2.72 bits per heavy atom. The topological polar surface area (TPSA) is 55.1 Å². The molecule has 2 rings (SSSR count). The van der Waals surface area contributed by atoms with Gasteiger partial charge in [-0.15, -0.1) is 0 Å². The number of benzene rings is 1. The Labute approximate surface area is 113 Å². The number of hydrogen-bond acceptors (Lipinski definition) is 3. The van der Waals surface area contributed by atoms with Crippen LogP contribution in [0.5, 0.6) is 0 Å². The number of nitrogens with two attached hydrogens (primary N) is 1. The molecule has 3 N–H and O–H groups in total. The molecule has 1 aliphatic heterocycles. The van der Waals surface area contributed by atoms with Gasteiger partial charge in [-0.2, -0.15) is 0 Å². The number of anilines is 1. The second-order valence-electron chi connectivity index (χ2n) is 4.29. The van der Waals surface area contributed by atoms with E-state index < -0.39 is 16.6 Å². The van der Waals surface area contributed by atoms with Crippen molar-refractivity contribution in [2.24, 2.45) is 5.73 Å². The summed E-state index contributed by atoms with van der Waals surface area (Å²) in [5, 5.41) is 3.25. The zero-order valence-electron chi connectivity index (χ0n) is 9.82. The van der Waals surface area contributed by atoms with Crippen molar-refractivity contribution in [2.75, 3.05) is 16.8 Å². The highest BCUT2D eigenvalue weighted by atomic mass is 32.2. The van der Waals surface area contributed by atoms with Gasteiger partial charge in [-0.25, -0.2) is 4.39 Å². The molecule has 0 atom stereocenters. The van der Waals surface area contributed by atoms with Crippen molar-refractivity contribution in [3.8, 4) is 0 Å². The smallest absolute Gasteiger partial charge is 0.135 e. The van der Waals surface area contributed by atoms with Crippen LogP contribution in [0, 0.1) is 5.82 Å². The Morgan fingerprint density at radius 1 is 1.44 bits per heavy atom. The molecular weight excluding hydrogens is 271 g/mol. The highest BCUT2D eigenvalue weighted by molar-refractivity contribution is 7.85. The normalized spacial score (nSPS) is 23.6. The molecule has 0 aliphatic carbocycles. The van der Waals surface area contributed by atoms with Crippen LogP contribution in [0.15, 0.2) is 18.2 Å². The Kier molecular flexibility index (Phi) is 4.29. The highest BCUT2D eigenvalue weighted by Gasteiger charge is 2.19. The van der Waals surface area contributed by atoms with E-state index in [1.165, 1.54) is 6.07 Å². The molecule has 3 nitrogen and oxygen atoms in total. The van der Waals surface area contributed by atoms with E-state index in [1.807, 2.05) is 0 Å². The largest absolute Gasteiger partial charge is 0.389 e. The summed E-state index contributed by atoms with van der Waals surface area (Å²) in [6.45, 7) is 0. The van der Waals surface area contributed by atoms with Crippen LogP contribution in [0.1, 0.15) is 18.4 Å². The third-order valence-electron chi connectivity index (χ3n) is 3.01. The number of rotatable bonds is 3. The number of hydrogen-bond donors (Lipinski definition) is 2. The molecule has 0 bridgehead atoms. The van der Waals surface area contributed by atoms with Gasteiger partial charge >= 0.3 is 0 Å². The van der Waals surface area contributed by atoms with Crippen molar-refractivity contribution in [3.63, 3.8) is 0 Å². The van der Waals surface area contributed by atoms with Crippen LogP contribution in [-0.4, -0.2) is 26.7 Å². The average Bonchev–Trinajstić information content (AvgIpc) is 2.32. The summed E-state index contributed by atoms with van der Waals surface area (Å²) in [7, 11) is -0.702. The van der Waals surface area contributed by atoms with Crippen molar-refractivity contribution in [1.82, 2.24) is 0 Å². The second kappa shape index (κ2) is 5.75. The molecule has 1 heterocycles. The van der Waals surface area contributed by atoms with Crippen LogP contribution in [-0.2, 0) is 10.8 Å². The molecule has 1 aromatic carbocycles. The maximum Gasteiger partial charge on any atom is 0.135 e. The molecule has 0 unspecified atom stereocenters. The minimum absolute atomic E-state index is 0.0509. The third-order valence-corrected chi connectivity index (χ3v) is 4.59. The van der Waals surface area contributed by atoms with Gasteiger partial charge in [-0.3, -0.25) is 4.21 Å². The van der Waals surface area contributed by atoms with Crippen LogP contribution < -0.4 is 11.1 Å². The molecule has 0 saturated carbocycles. The van der Waals surface area contributed by atoms with E-state index in [4.69, 9.17) is 18.0 Å². The first-order valence-corrected chi connectivity index (χ1v) is 7.67. The first-order valence-electron chi connectivity index (χ1n) is 5.77. The van der Waals surface area contributed by atoms with E-state index in [1.54, 1.807) is 12.1 Å². The van der Waals surface area contributed by atoms with E-state index in [-0.39, 0.29) is 16.6 Å². The maximum atomic E-state index is 13.7. The Balaban J connectivity index is 2.16. The van der Waals surface area contributed by atoms with E-state index in [0.29, 0.717) is 17.2 Å². The lowest BCUT2D eigenvalue weighted by molar-refractivity contribution is 0.616. The molecular formula is C12H15FN2OS2. The molecule has 0 amide bonds. The summed E-state index contributed by atoms with van der Waals surface area (Å²) in [4.78, 5) is 0.0509. The van der Waals surface area contributed by atoms with Crippen molar-refractivity contribution in [3.05, 3.63) is 29.6 Å². The lowest BCUT2D eigenvalue weighted by atomic mass is 10.1. The second-order valence-corrected chi connectivity index (χ2v) is 6.43. The third kappa shape index (κ3) is 3.05. The zero-order chi connectivity index (χ0) is 13.1. The average molecular weight is 286 g/mol. The summed E-state index contributed by atoms with van der Waals surface area (Å²) in [5.41, 5.74) is 6.43. The molecule has 1 aliphatic rings. The monoisotopic (exact) mass is 286 g/mol. The summed E-state index contributed by atoms with van der Waals surface area (Å²) in [6.07, 6.45) is 1.64. The van der Waals surface area contributed by atoms with E-state index >= 15 is 0 Å². The lowest BCUT2D eigenvalue weighted by Crippen LogP contribution is -2.30. The number of halogens is 1. The van der Waals surface area contributed by atoms with Crippen LogP contribution in [0.2, 0.25) is 0 Å². The SMILES string of the molecule is NC(=S)c1c(F)cccc1NC1CCS(=O)CC1. The van der Waals surface area contributed by atoms with Crippen molar-refractivity contribution < 1.29 is 8.60 Å². The fourth-order valence-corrected chi connectivity index (χ4v) is 3.56. The lowest BCUT2D eigenvalue weighted by Gasteiger charge is -2.24. The minimum atomic E-state index is -0.702.